The summed E-state index contributed by atoms with van der Waals surface area (Å²) in [6.45, 7) is 7.44. The number of rotatable bonds is 7. The molecule has 4 nitrogen and oxygen atoms in total. The van der Waals surface area contributed by atoms with E-state index in [9.17, 15) is 0 Å². The summed E-state index contributed by atoms with van der Waals surface area (Å²) in [4.78, 5) is 6.97. The molecule has 0 saturated heterocycles. The molecule has 2 rings (SSSR count). The van der Waals surface area contributed by atoms with E-state index in [2.05, 4.69) is 29.1 Å². The van der Waals surface area contributed by atoms with E-state index in [-0.39, 0.29) is 0 Å². The van der Waals surface area contributed by atoms with Crippen LogP contribution in [0.2, 0.25) is 0 Å². The van der Waals surface area contributed by atoms with E-state index in [1.807, 2.05) is 0 Å². The van der Waals surface area contributed by atoms with Crippen molar-refractivity contribution in [3.63, 3.8) is 0 Å². The minimum atomic E-state index is 0.626. The summed E-state index contributed by atoms with van der Waals surface area (Å²) in [6, 6.07) is 1.45. The van der Waals surface area contributed by atoms with Crippen LogP contribution in [0.3, 0.4) is 0 Å². The maximum absolute atomic E-state index is 5.88. The second-order valence-electron chi connectivity index (χ2n) is 6.01. The van der Waals surface area contributed by atoms with Gasteiger partial charge in [-0.1, -0.05) is 6.42 Å². The standard InChI is InChI=1S/C14H28N4/c1-11(2)18(13-6-7-13)9-8-16-14(15)17-10-12-4-3-5-12/h11-13H,3-10H2,1-2H3,(H3,15,16,17). The Bertz CT molecular complexity index is 278. The molecule has 0 amide bonds. The Balaban J connectivity index is 1.60. The predicted molar refractivity (Wildman–Crippen MR) is 76.7 cm³/mol. The van der Waals surface area contributed by atoms with Crippen molar-refractivity contribution < 1.29 is 0 Å². The Morgan fingerprint density at radius 2 is 2.06 bits per heavy atom. The van der Waals surface area contributed by atoms with Crippen molar-refractivity contribution in [2.75, 3.05) is 19.6 Å². The third-order valence-electron chi connectivity index (χ3n) is 4.10. The van der Waals surface area contributed by atoms with Crippen LogP contribution in [0.4, 0.5) is 0 Å². The highest BCUT2D eigenvalue weighted by Crippen LogP contribution is 2.28. The molecule has 2 aliphatic rings. The van der Waals surface area contributed by atoms with E-state index in [0.717, 1.165) is 31.6 Å². The molecule has 0 heterocycles. The fourth-order valence-electron chi connectivity index (χ4n) is 2.54. The van der Waals surface area contributed by atoms with Crippen molar-refractivity contribution in [3.8, 4) is 0 Å². The van der Waals surface area contributed by atoms with E-state index in [4.69, 9.17) is 5.73 Å². The lowest BCUT2D eigenvalue weighted by molar-refractivity contribution is 0.215. The molecular formula is C14H28N4. The molecule has 2 aliphatic carbocycles. The minimum Gasteiger partial charge on any atom is -0.370 e. The van der Waals surface area contributed by atoms with Crippen molar-refractivity contribution in [1.82, 2.24) is 10.2 Å². The van der Waals surface area contributed by atoms with Gasteiger partial charge in [-0.05, 0) is 45.4 Å². The maximum Gasteiger partial charge on any atom is 0.188 e. The van der Waals surface area contributed by atoms with Gasteiger partial charge in [-0.25, -0.2) is 0 Å². The van der Waals surface area contributed by atoms with Gasteiger partial charge >= 0.3 is 0 Å². The second kappa shape index (κ2) is 6.41. The molecule has 2 fully saturated rings. The van der Waals surface area contributed by atoms with E-state index in [1.54, 1.807) is 0 Å². The van der Waals surface area contributed by atoms with Gasteiger partial charge in [0.15, 0.2) is 5.96 Å². The zero-order valence-corrected chi connectivity index (χ0v) is 11.9. The number of hydrogen-bond acceptors (Lipinski definition) is 2. The molecule has 0 unspecified atom stereocenters. The van der Waals surface area contributed by atoms with E-state index < -0.39 is 0 Å². The summed E-state index contributed by atoms with van der Waals surface area (Å²) in [6.07, 6.45) is 6.77. The zero-order valence-electron chi connectivity index (χ0n) is 11.9. The highest BCUT2D eigenvalue weighted by molar-refractivity contribution is 5.77. The van der Waals surface area contributed by atoms with E-state index in [1.165, 1.54) is 32.1 Å². The summed E-state index contributed by atoms with van der Waals surface area (Å²) in [5.41, 5.74) is 5.88. The average molecular weight is 252 g/mol. The van der Waals surface area contributed by atoms with Gasteiger partial charge in [0.1, 0.15) is 0 Å². The Morgan fingerprint density at radius 1 is 1.33 bits per heavy atom. The second-order valence-corrected chi connectivity index (χ2v) is 6.01. The number of nitrogens with zero attached hydrogens (tertiary/aromatic N) is 2. The largest absolute Gasteiger partial charge is 0.370 e. The van der Waals surface area contributed by atoms with Gasteiger partial charge in [0.2, 0.25) is 0 Å². The number of nitrogens with one attached hydrogen (secondary N) is 1. The number of guanidine groups is 1. The van der Waals surface area contributed by atoms with Gasteiger partial charge in [-0.15, -0.1) is 0 Å². The molecule has 18 heavy (non-hydrogen) atoms. The topological polar surface area (TPSA) is 53.6 Å². The molecule has 0 aromatic carbocycles. The summed E-state index contributed by atoms with van der Waals surface area (Å²) >= 11 is 0. The Morgan fingerprint density at radius 3 is 2.56 bits per heavy atom. The first-order chi connectivity index (χ1) is 8.66. The summed E-state index contributed by atoms with van der Waals surface area (Å²) in [7, 11) is 0. The third kappa shape index (κ3) is 4.16. The van der Waals surface area contributed by atoms with E-state index in [0.29, 0.717) is 12.0 Å². The van der Waals surface area contributed by atoms with Gasteiger partial charge in [-0.3, -0.25) is 9.89 Å². The summed E-state index contributed by atoms with van der Waals surface area (Å²) in [5.74, 6) is 1.42. The zero-order chi connectivity index (χ0) is 13.0. The molecule has 3 N–H and O–H groups in total. The van der Waals surface area contributed by atoms with Gasteiger partial charge in [-0.2, -0.15) is 0 Å². The van der Waals surface area contributed by atoms with E-state index >= 15 is 0 Å². The molecule has 104 valence electrons. The third-order valence-corrected chi connectivity index (χ3v) is 4.10. The highest BCUT2D eigenvalue weighted by Gasteiger charge is 2.29. The van der Waals surface area contributed by atoms with Crippen LogP contribution in [0.1, 0.15) is 46.0 Å². The predicted octanol–water partition coefficient (Wildman–Crippen LogP) is 1.56. The first-order valence-corrected chi connectivity index (χ1v) is 7.46. The first kappa shape index (κ1) is 13.7. The molecule has 0 aliphatic heterocycles. The molecule has 0 aromatic heterocycles. The minimum absolute atomic E-state index is 0.626. The summed E-state index contributed by atoms with van der Waals surface area (Å²) in [5, 5.41) is 3.24. The van der Waals surface area contributed by atoms with Crippen LogP contribution in [0.15, 0.2) is 4.99 Å². The number of nitrogens with two attached hydrogens (primary N) is 1. The van der Waals surface area contributed by atoms with Gasteiger partial charge in [0.05, 0.1) is 0 Å². The molecule has 0 spiro atoms. The van der Waals surface area contributed by atoms with Crippen LogP contribution >= 0.6 is 0 Å². The van der Waals surface area contributed by atoms with Crippen molar-refractivity contribution in [2.45, 2.75) is 58.0 Å². The lowest BCUT2D eigenvalue weighted by Gasteiger charge is -2.26. The SMILES string of the molecule is CC(C)N(CCNC(N)=NCC1CCC1)C1CC1. The van der Waals surface area contributed by atoms with Crippen molar-refractivity contribution in [2.24, 2.45) is 16.6 Å². The summed E-state index contributed by atoms with van der Waals surface area (Å²) < 4.78 is 0. The molecule has 0 aromatic rings. The van der Waals surface area contributed by atoms with Crippen LogP contribution in [0, 0.1) is 5.92 Å². The molecule has 0 radical (unpaired) electrons. The molecule has 0 bridgehead atoms. The van der Waals surface area contributed by atoms with Crippen molar-refractivity contribution in [1.29, 1.82) is 0 Å². The average Bonchev–Trinajstić information content (AvgIpc) is 3.05. The van der Waals surface area contributed by atoms with Crippen molar-refractivity contribution >= 4 is 5.96 Å². The fourth-order valence-corrected chi connectivity index (χ4v) is 2.54. The van der Waals surface area contributed by atoms with Crippen LogP contribution in [-0.2, 0) is 0 Å². The van der Waals surface area contributed by atoms with Gasteiger partial charge in [0.25, 0.3) is 0 Å². The first-order valence-electron chi connectivity index (χ1n) is 7.46. The maximum atomic E-state index is 5.88. The Kier molecular flexibility index (Phi) is 4.87. The number of aliphatic imine (C=N–C) groups is 1. The van der Waals surface area contributed by atoms with Gasteiger partial charge < -0.3 is 11.1 Å². The van der Waals surface area contributed by atoms with Crippen LogP contribution in [-0.4, -0.2) is 42.6 Å². The van der Waals surface area contributed by atoms with Crippen molar-refractivity contribution in [3.05, 3.63) is 0 Å². The fraction of sp³-hybridized carbons (Fsp3) is 0.929. The van der Waals surface area contributed by atoms with Crippen LogP contribution < -0.4 is 11.1 Å². The number of hydrogen-bond donors (Lipinski definition) is 2. The molecule has 4 heteroatoms. The van der Waals surface area contributed by atoms with Crippen LogP contribution in [0.5, 0.6) is 0 Å². The Labute approximate surface area is 111 Å². The van der Waals surface area contributed by atoms with Crippen LogP contribution in [0.25, 0.3) is 0 Å². The molecular weight excluding hydrogens is 224 g/mol. The van der Waals surface area contributed by atoms with Gasteiger partial charge in [0, 0.05) is 31.7 Å². The lowest BCUT2D eigenvalue weighted by atomic mass is 9.86. The Hall–Kier alpha value is -0.770. The lowest BCUT2D eigenvalue weighted by Crippen LogP contribution is -2.42. The monoisotopic (exact) mass is 252 g/mol. The quantitative estimate of drug-likeness (QED) is 0.534. The smallest absolute Gasteiger partial charge is 0.188 e. The normalized spacial score (nSPS) is 21.4. The molecule has 0 atom stereocenters. The molecule has 2 saturated carbocycles. The highest BCUT2D eigenvalue weighted by atomic mass is 15.2.